The highest BCUT2D eigenvalue weighted by molar-refractivity contribution is 6.00. The van der Waals surface area contributed by atoms with Gasteiger partial charge in [-0.05, 0) is 19.1 Å². The Morgan fingerprint density at radius 1 is 1.39 bits per heavy atom. The van der Waals surface area contributed by atoms with Crippen molar-refractivity contribution in [2.24, 2.45) is 0 Å². The lowest BCUT2D eigenvalue weighted by molar-refractivity contribution is -0.136. The van der Waals surface area contributed by atoms with Crippen molar-refractivity contribution in [2.45, 2.75) is 19.8 Å². The Bertz CT molecular complexity index is 463. The summed E-state index contributed by atoms with van der Waals surface area (Å²) in [6.07, 6.45) is 1.39. The van der Waals surface area contributed by atoms with Crippen molar-refractivity contribution in [1.82, 2.24) is 0 Å². The molecule has 0 saturated heterocycles. The number of Topliss-reactive ketones (excluding diaryl/α,β-unsaturated/α-hetero) is 1. The molecule has 1 aromatic carbocycles. The highest BCUT2D eigenvalue weighted by Gasteiger charge is 2.14. The van der Waals surface area contributed by atoms with Crippen molar-refractivity contribution in [1.29, 1.82) is 0 Å². The molecular weight excluding hydrogens is 232 g/mol. The second-order valence-corrected chi connectivity index (χ2v) is 3.92. The van der Waals surface area contributed by atoms with E-state index in [2.05, 4.69) is 6.58 Å². The van der Waals surface area contributed by atoms with Crippen molar-refractivity contribution < 1.29 is 19.4 Å². The number of ether oxygens (including phenoxy) is 1. The maximum Gasteiger partial charge on any atom is 0.303 e. The molecule has 0 unspecified atom stereocenters. The fraction of sp³-hybridized carbons (Fsp3) is 0.286. The first kappa shape index (κ1) is 14.0. The number of carbonyl (C=O) groups excluding carboxylic acids is 1. The summed E-state index contributed by atoms with van der Waals surface area (Å²) in [6.45, 7) is 5.71. The van der Waals surface area contributed by atoms with E-state index in [1.54, 1.807) is 18.2 Å². The zero-order chi connectivity index (χ0) is 13.5. The number of hydrogen-bond acceptors (Lipinski definition) is 3. The molecule has 18 heavy (non-hydrogen) atoms. The van der Waals surface area contributed by atoms with Crippen LogP contribution >= 0.6 is 0 Å². The molecule has 0 amide bonds. The Labute approximate surface area is 106 Å². The molecule has 0 radical (unpaired) electrons. The Hall–Kier alpha value is -2.10. The first-order valence-electron chi connectivity index (χ1n) is 5.64. The van der Waals surface area contributed by atoms with Gasteiger partial charge >= 0.3 is 5.97 Å². The molecule has 1 aromatic rings. The number of benzene rings is 1. The number of carbonyl (C=O) groups is 2. The molecule has 0 aliphatic rings. The van der Waals surface area contributed by atoms with Gasteiger partial charge in [0.1, 0.15) is 12.4 Å². The molecule has 0 heterocycles. The van der Waals surface area contributed by atoms with E-state index in [4.69, 9.17) is 9.84 Å². The quantitative estimate of drug-likeness (QED) is 0.595. The van der Waals surface area contributed by atoms with Gasteiger partial charge in [0, 0.05) is 6.42 Å². The zero-order valence-electron chi connectivity index (χ0n) is 10.3. The van der Waals surface area contributed by atoms with Crippen LogP contribution in [0, 0.1) is 6.92 Å². The normalized spacial score (nSPS) is 9.83. The van der Waals surface area contributed by atoms with E-state index in [0.717, 1.165) is 5.56 Å². The van der Waals surface area contributed by atoms with Crippen LogP contribution in [-0.2, 0) is 4.79 Å². The van der Waals surface area contributed by atoms with E-state index >= 15 is 0 Å². The number of aryl methyl sites for hydroxylation is 1. The molecule has 4 nitrogen and oxygen atoms in total. The van der Waals surface area contributed by atoms with Crippen molar-refractivity contribution in [2.75, 3.05) is 6.61 Å². The van der Waals surface area contributed by atoms with Crippen LogP contribution in [-0.4, -0.2) is 23.5 Å². The summed E-state index contributed by atoms with van der Waals surface area (Å²) in [4.78, 5) is 22.4. The molecule has 96 valence electrons. The van der Waals surface area contributed by atoms with Crippen LogP contribution in [0.3, 0.4) is 0 Å². The molecule has 0 aliphatic carbocycles. The minimum atomic E-state index is -0.982. The summed E-state index contributed by atoms with van der Waals surface area (Å²) in [6, 6.07) is 5.27. The van der Waals surface area contributed by atoms with Gasteiger partial charge < -0.3 is 9.84 Å². The molecule has 0 bridgehead atoms. The number of carboxylic acid groups (broad SMARTS) is 1. The highest BCUT2D eigenvalue weighted by atomic mass is 16.5. The maximum atomic E-state index is 11.9. The lowest BCUT2D eigenvalue weighted by atomic mass is 10.0. The van der Waals surface area contributed by atoms with E-state index in [1.807, 2.05) is 13.0 Å². The van der Waals surface area contributed by atoms with Crippen LogP contribution in [0.2, 0.25) is 0 Å². The van der Waals surface area contributed by atoms with E-state index in [0.29, 0.717) is 17.9 Å². The Morgan fingerprint density at radius 2 is 2.11 bits per heavy atom. The van der Waals surface area contributed by atoms with E-state index < -0.39 is 5.97 Å². The van der Waals surface area contributed by atoms with Crippen LogP contribution in [0.25, 0.3) is 0 Å². The molecule has 4 heteroatoms. The SMILES string of the molecule is C=CCOc1ccc(C)cc1C(=O)CCC(=O)O. The number of ketones is 1. The standard InChI is InChI=1S/C14H16O4/c1-3-8-18-13-6-4-10(2)9-11(13)12(15)5-7-14(16)17/h3-4,6,9H,1,5,7-8H2,2H3,(H,16,17). The van der Waals surface area contributed by atoms with Crippen LogP contribution in [0.5, 0.6) is 5.75 Å². The molecule has 0 spiro atoms. The highest BCUT2D eigenvalue weighted by Crippen LogP contribution is 2.22. The minimum Gasteiger partial charge on any atom is -0.489 e. The van der Waals surface area contributed by atoms with Gasteiger partial charge in [0.15, 0.2) is 5.78 Å². The van der Waals surface area contributed by atoms with E-state index in [-0.39, 0.29) is 18.6 Å². The fourth-order valence-electron chi connectivity index (χ4n) is 1.49. The third-order valence-corrected chi connectivity index (χ3v) is 2.36. The minimum absolute atomic E-state index is 0.0246. The second-order valence-electron chi connectivity index (χ2n) is 3.92. The molecule has 1 N–H and O–H groups in total. The average Bonchev–Trinajstić information content (AvgIpc) is 2.34. The van der Waals surface area contributed by atoms with Gasteiger partial charge in [0.2, 0.25) is 0 Å². The third kappa shape index (κ3) is 4.05. The van der Waals surface area contributed by atoms with Crippen LogP contribution in [0.15, 0.2) is 30.9 Å². The van der Waals surface area contributed by atoms with Gasteiger partial charge in [0.05, 0.1) is 12.0 Å². The molecule has 1 rings (SSSR count). The molecule has 0 aliphatic heterocycles. The number of aliphatic carboxylic acids is 1. The van der Waals surface area contributed by atoms with Gasteiger partial charge in [-0.15, -0.1) is 0 Å². The summed E-state index contributed by atoms with van der Waals surface area (Å²) < 4.78 is 5.38. The van der Waals surface area contributed by atoms with Crippen molar-refractivity contribution in [3.63, 3.8) is 0 Å². The van der Waals surface area contributed by atoms with Gasteiger partial charge in [-0.1, -0.05) is 24.3 Å². The van der Waals surface area contributed by atoms with Crippen molar-refractivity contribution in [3.8, 4) is 5.75 Å². The summed E-state index contributed by atoms with van der Waals surface area (Å²) in [7, 11) is 0. The number of rotatable bonds is 7. The monoisotopic (exact) mass is 248 g/mol. The van der Waals surface area contributed by atoms with Crippen LogP contribution < -0.4 is 4.74 Å². The summed E-state index contributed by atoms with van der Waals surface area (Å²) in [5.41, 5.74) is 1.36. The van der Waals surface area contributed by atoms with E-state index in [1.165, 1.54) is 0 Å². The molecule has 0 fully saturated rings. The number of hydrogen-bond donors (Lipinski definition) is 1. The largest absolute Gasteiger partial charge is 0.489 e. The van der Waals surface area contributed by atoms with Crippen molar-refractivity contribution >= 4 is 11.8 Å². The summed E-state index contributed by atoms with van der Waals surface area (Å²) in [5.74, 6) is -0.736. The fourth-order valence-corrected chi connectivity index (χ4v) is 1.49. The maximum absolute atomic E-state index is 11.9. The molecule has 0 atom stereocenters. The third-order valence-electron chi connectivity index (χ3n) is 2.36. The second kappa shape index (κ2) is 6.59. The van der Waals surface area contributed by atoms with Crippen LogP contribution in [0.4, 0.5) is 0 Å². The Kier molecular flexibility index (Phi) is 5.11. The van der Waals surface area contributed by atoms with Crippen molar-refractivity contribution in [3.05, 3.63) is 42.0 Å². The number of carboxylic acids is 1. The average molecular weight is 248 g/mol. The predicted molar refractivity (Wildman–Crippen MR) is 68.1 cm³/mol. The van der Waals surface area contributed by atoms with Gasteiger partial charge in [-0.25, -0.2) is 0 Å². The first-order chi connectivity index (χ1) is 8.54. The van der Waals surface area contributed by atoms with Crippen LogP contribution in [0.1, 0.15) is 28.8 Å². The zero-order valence-corrected chi connectivity index (χ0v) is 10.3. The molecule has 0 aromatic heterocycles. The Balaban J connectivity index is 2.89. The summed E-state index contributed by atoms with van der Waals surface area (Å²) in [5, 5.41) is 8.58. The lowest BCUT2D eigenvalue weighted by Crippen LogP contribution is -2.07. The van der Waals surface area contributed by atoms with Gasteiger partial charge in [0.25, 0.3) is 0 Å². The lowest BCUT2D eigenvalue weighted by Gasteiger charge is -2.10. The topological polar surface area (TPSA) is 63.6 Å². The Morgan fingerprint density at radius 3 is 2.72 bits per heavy atom. The van der Waals surface area contributed by atoms with Gasteiger partial charge in [-0.3, -0.25) is 9.59 Å². The summed E-state index contributed by atoms with van der Waals surface area (Å²) >= 11 is 0. The predicted octanol–water partition coefficient (Wildman–Crippen LogP) is 2.61. The first-order valence-corrected chi connectivity index (χ1v) is 5.64. The smallest absolute Gasteiger partial charge is 0.303 e. The van der Waals surface area contributed by atoms with E-state index in [9.17, 15) is 9.59 Å². The van der Waals surface area contributed by atoms with Gasteiger partial charge in [-0.2, -0.15) is 0 Å². The molecular formula is C14H16O4. The molecule has 0 saturated carbocycles.